The number of carbonyl (C=O) groups excluding carboxylic acids is 1. The van der Waals surface area contributed by atoms with Gasteiger partial charge < -0.3 is 15.2 Å². The Bertz CT molecular complexity index is 1220. The maximum atomic E-state index is 13.3. The number of nitrogen functional groups attached to an aromatic ring is 1. The number of benzene rings is 2. The molecule has 12 heteroatoms. The van der Waals surface area contributed by atoms with E-state index in [-0.39, 0.29) is 37.0 Å². The van der Waals surface area contributed by atoms with Crippen molar-refractivity contribution >= 4 is 56.5 Å². The molecular weight excluding hydrogens is 477 g/mol. The van der Waals surface area contributed by atoms with E-state index >= 15 is 0 Å². The number of aromatic nitrogens is 2. The zero-order valence-electron chi connectivity index (χ0n) is 15.5. The third-order valence-electron chi connectivity index (χ3n) is 4.06. The largest absolute Gasteiger partial charge is 0.494 e. The summed E-state index contributed by atoms with van der Waals surface area (Å²) < 4.78 is 36.9. The monoisotopic (exact) mass is 489 g/mol. The van der Waals surface area contributed by atoms with Crippen LogP contribution in [0.4, 0.5) is 5.69 Å². The zero-order chi connectivity index (χ0) is 22.2. The van der Waals surface area contributed by atoms with Crippen LogP contribution < -0.4 is 10.5 Å². The molecule has 0 unspecified atom stereocenters. The molecule has 2 aromatic carbocycles. The van der Waals surface area contributed by atoms with Crippen LogP contribution in [0.15, 0.2) is 41.3 Å². The number of nitrogens with zero attached hydrogens (tertiary/aromatic N) is 2. The molecule has 30 heavy (non-hydrogen) atoms. The molecule has 0 bridgehead atoms. The molecule has 0 aliphatic rings. The quantitative estimate of drug-likeness (QED) is 0.422. The summed E-state index contributed by atoms with van der Waals surface area (Å²) in [6.45, 7) is 0. The standard InChI is InChI=1S/C18H14Cl3N3O5S/c1-28-17-12(19)7-9(8-13(17)20)16-14(21)15(18(25)29-2)23-24(16)30(26,27)11-5-3-10(22)4-6-11/h3-8H,22H2,1-2H3. The first-order valence-corrected chi connectivity index (χ1v) is 10.7. The highest BCUT2D eigenvalue weighted by atomic mass is 35.5. The van der Waals surface area contributed by atoms with Gasteiger partial charge in [-0.25, -0.2) is 4.79 Å². The molecule has 3 aromatic rings. The summed E-state index contributed by atoms with van der Waals surface area (Å²) >= 11 is 18.7. The third kappa shape index (κ3) is 3.81. The lowest BCUT2D eigenvalue weighted by Crippen LogP contribution is -2.17. The summed E-state index contributed by atoms with van der Waals surface area (Å²) in [5.41, 5.74) is 5.68. The number of esters is 1. The Morgan fingerprint density at radius 1 is 1.07 bits per heavy atom. The first-order chi connectivity index (χ1) is 14.1. The van der Waals surface area contributed by atoms with Crippen LogP contribution in [0.2, 0.25) is 15.1 Å². The van der Waals surface area contributed by atoms with E-state index in [1.807, 2.05) is 0 Å². The Morgan fingerprint density at radius 2 is 1.63 bits per heavy atom. The van der Waals surface area contributed by atoms with Crippen molar-refractivity contribution in [3.05, 3.63) is 57.2 Å². The molecule has 0 saturated carbocycles. The SMILES string of the molecule is COC(=O)c1nn(S(=O)(=O)c2ccc(N)cc2)c(-c2cc(Cl)c(OC)c(Cl)c2)c1Cl. The summed E-state index contributed by atoms with van der Waals surface area (Å²) in [7, 11) is -1.78. The van der Waals surface area contributed by atoms with Gasteiger partial charge in [0.05, 0.1) is 29.2 Å². The molecule has 0 radical (unpaired) electrons. The highest BCUT2D eigenvalue weighted by molar-refractivity contribution is 7.90. The molecule has 3 rings (SSSR count). The van der Waals surface area contributed by atoms with Crippen molar-refractivity contribution in [2.24, 2.45) is 0 Å². The second-order valence-corrected chi connectivity index (χ2v) is 8.85. The molecule has 1 aromatic heterocycles. The number of rotatable bonds is 5. The van der Waals surface area contributed by atoms with Gasteiger partial charge in [0.25, 0.3) is 10.0 Å². The Balaban J connectivity index is 2.34. The van der Waals surface area contributed by atoms with E-state index in [9.17, 15) is 13.2 Å². The van der Waals surface area contributed by atoms with Crippen LogP contribution in [0.1, 0.15) is 10.5 Å². The first kappa shape index (κ1) is 22.2. The minimum absolute atomic E-state index is 0.105. The Labute approximate surface area is 187 Å². The molecule has 8 nitrogen and oxygen atoms in total. The number of hydrogen-bond acceptors (Lipinski definition) is 7. The van der Waals surface area contributed by atoms with Gasteiger partial charge in [-0.1, -0.05) is 34.8 Å². The van der Waals surface area contributed by atoms with Gasteiger partial charge in [-0.05, 0) is 36.4 Å². The molecule has 0 atom stereocenters. The number of nitrogens with two attached hydrogens (primary N) is 1. The molecule has 0 saturated heterocycles. The Kier molecular flexibility index (Phi) is 6.19. The van der Waals surface area contributed by atoms with Crippen LogP contribution in [0, 0.1) is 0 Å². The average molecular weight is 491 g/mol. The zero-order valence-corrected chi connectivity index (χ0v) is 18.6. The van der Waals surface area contributed by atoms with Crippen molar-refractivity contribution in [1.82, 2.24) is 9.19 Å². The minimum Gasteiger partial charge on any atom is -0.494 e. The summed E-state index contributed by atoms with van der Waals surface area (Å²) in [6.07, 6.45) is 0. The molecule has 0 fully saturated rings. The van der Waals surface area contributed by atoms with Gasteiger partial charge in [-0.2, -0.15) is 12.5 Å². The second kappa shape index (κ2) is 8.35. The number of hydrogen-bond donors (Lipinski definition) is 1. The van der Waals surface area contributed by atoms with Crippen LogP contribution in [-0.2, 0) is 14.8 Å². The van der Waals surface area contributed by atoms with E-state index in [0.29, 0.717) is 9.77 Å². The van der Waals surface area contributed by atoms with Crippen LogP contribution in [0.3, 0.4) is 0 Å². The number of methoxy groups -OCH3 is 2. The van der Waals surface area contributed by atoms with Crippen molar-refractivity contribution in [2.45, 2.75) is 4.90 Å². The predicted molar refractivity (Wildman–Crippen MR) is 114 cm³/mol. The topological polar surface area (TPSA) is 114 Å². The molecule has 0 amide bonds. The third-order valence-corrected chi connectivity index (χ3v) is 6.57. The smallest absolute Gasteiger partial charge is 0.360 e. The fourth-order valence-electron chi connectivity index (χ4n) is 2.65. The highest BCUT2D eigenvalue weighted by Crippen LogP contribution is 2.41. The van der Waals surface area contributed by atoms with Crippen molar-refractivity contribution in [3.63, 3.8) is 0 Å². The van der Waals surface area contributed by atoms with Gasteiger partial charge in [0.1, 0.15) is 10.7 Å². The summed E-state index contributed by atoms with van der Waals surface area (Å²) in [5, 5.41) is 3.86. The molecule has 0 aliphatic carbocycles. The van der Waals surface area contributed by atoms with Crippen molar-refractivity contribution in [1.29, 1.82) is 0 Å². The summed E-state index contributed by atoms with van der Waals surface area (Å²) in [5.74, 6) is -0.725. The Morgan fingerprint density at radius 3 is 2.13 bits per heavy atom. The molecule has 0 spiro atoms. The lowest BCUT2D eigenvalue weighted by Gasteiger charge is -2.12. The van der Waals surface area contributed by atoms with Gasteiger partial charge in [-0.15, -0.1) is 5.10 Å². The number of halogens is 3. The van der Waals surface area contributed by atoms with Gasteiger partial charge in [0, 0.05) is 11.3 Å². The van der Waals surface area contributed by atoms with Gasteiger partial charge in [0.15, 0.2) is 11.4 Å². The molecule has 0 aliphatic heterocycles. The number of carbonyl (C=O) groups is 1. The Hall–Kier alpha value is -2.46. The maximum Gasteiger partial charge on any atom is 0.360 e. The second-order valence-electron chi connectivity index (χ2n) is 5.89. The summed E-state index contributed by atoms with van der Waals surface area (Å²) in [4.78, 5) is 12.0. The maximum absolute atomic E-state index is 13.3. The molecule has 1 heterocycles. The van der Waals surface area contributed by atoms with E-state index in [1.165, 1.54) is 43.5 Å². The molecule has 2 N–H and O–H groups in total. The van der Waals surface area contributed by atoms with Crippen LogP contribution in [0.5, 0.6) is 5.75 Å². The van der Waals surface area contributed by atoms with Crippen LogP contribution >= 0.6 is 34.8 Å². The van der Waals surface area contributed by atoms with E-state index in [2.05, 4.69) is 9.84 Å². The normalized spacial score (nSPS) is 11.4. The summed E-state index contributed by atoms with van der Waals surface area (Å²) in [6, 6.07) is 8.22. The van der Waals surface area contributed by atoms with Crippen LogP contribution in [-0.4, -0.2) is 37.8 Å². The first-order valence-electron chi connectivity index (χ1n) is 8.13. The van der Waals surface area contributed by atoms with Gasteiger partial charge in [-0.3, -0.25) is 0 Å². The van der Waals surface area contributed by atoms with Crippen molar-refractivity contribution in [3.8, 4) is 17.0 Å². The van der Waals surface area contributed by atoms with E-state index in [1.54, 1.807) is 0 Å². The number of anilines is 1. The van der Waals surface area contributed by atoms with E-state index in [4.69, 9.17) is 45.3 Å². The average Bonchev–Trinajstić information content (AvgIpc) is 3.05. The van der Waals surface area contributed by atoms with E-state index in [0.717, 1.165) is 7.11 Å². The minimum atomic E-state index is -4.28. The van der Waals surface area contributed by atoms with Gasteiger partial charge >= 0.3 is 5.97 Å². The fourth-order valence-corrected chi connectivity index (χ4v) is 4.95. The highest BCUT2D eigenvalue weighted by Gasteiger charge is 2.31. The predicted octanol–water partition coefficient (Wildman–Crippen LogP) is 4.12. The lowest BCUT2D eigenvalue weighted by atomic mass is 10.1. The lowest BCUT2D eigenvalue weighted by molar-refractivity contribution is 0.0594. The van der Waals surface area contributed by atoms with Crippen molar-refractivity contribution < 1.29 is 22.7 Å². The number of ether oxygens (including phenoxy) is 2. The van der Waals surface area contributed by atoms with Gasteiger partial charge in [0.2, 0.25) is 0 Å². The molecule has 158 valence electrons. The molecular formula is C18H14Cl3N3O5S. The fraction of sp³-hybridized carbons (Fsp3) is 0.111. The van der Waals surface area contributed by atoms with Crippen LogP contribution in [0.25, 0.3) is 11.3 Å². The van der Waals surface area contributed by atoms with E-state index < -0.39 is 21.7 Å². The van der Waals surface area contributed by atoms with Crippen molar-refractivity contribution in [2.75, 3.05) is 20.0 Å².